The summed E-state index contributed by atoms with van der Waals surface area (Å²) in [7, 11) is 0. The van der Waals surface area contributed by atoms with Crippen LogP contribution in [-0.2, 0) is 6.42 Å². The molecule has 2 rings (SSSR count). The van der Waals surface area contributed by atoms with Crippen LogP contribution in [0.2, 0.25) is 0 Å². The normalized spacial score (nSPS) is 12.2. The highest BCUT2D eigenvalue weighted by Crippen LogP contribution is 2.31. The third-order valence-electron chi connectivity index (χ3n) is 3.35. The van der Waals surface area contributed by atoms with Gasteiger partial charge >= 0.3 is 0 Å². The van der Waals surface area contributed by atoms with Crippen LogP contribution >= 0.6 is 0 Å². The van der Waals surface area contributed by atoms with Crippen molar-refractivity contribution in [1.29, 1.82) is 0 Å². The molecule has 0 fully saturated rings. The van der Waals surface area contributed by atoms with Gasteiger partial charge in [-0.25, -0.2) is 8.78 Å². The number of halogens is 2. The smallest absolute Gasteiger partial charge is 0.128 e. The van der Waals surface area contributed by atoms with Crippen molar-refractivity contribution in [3.63, 3.8) is 0 Å². The molecule has 1 atom stereocenters. The highest BCUT2D eigenvalue weighted by atomic mass is 19.1. The Labute approximate surface area is 124 Å². The first-order valence-corrected chi connectivity index (χ1v) is 7.09. The Hall–Kier alpha value is -1.94. The summed E-state index contributed by atoms with van der Waals surface area (Å²) in [5, 5.41) is 0. The van der Waals surface area contributed by atoms with Crippen molar-refractivity contribution < 1.29 is 8.78 Å². The Morgan fingerprint density at radius 3 is 2.48 bits per heavy atom. The second kappa shape index (κ2) is 6.68. The van der Waals surface area contributed by atoms with Crippen LogP contribution in [0.15, 0.2) is 42.5 Å². The molecule has 0 spiro atoms. The first-order valence-electron chi connectivity index (χ1n) is 7.09. The van der Waals surface area contributed by atoms with Gasteiger partial charge in [-0.05, 0) is 50.6 Å². The molecule has 0 radical (unpaired) electrons. The molecule has 0 aromatic heterocycles. The fourth-order valence-electron chi connectivity index (χ4n) is 2.46. The van der Waals surface area contributed by atoms with Crippen molar-refractivity contribution in [2.24, 2.45) is 5.73 Å². The van der Waals surface area contributed by atoms with Gasteiger partial charge < -0.3 is 10.6 Å². The molecule has 0 amide bonds. The Morgan fingerprint density at radius 1 is 1.14 bits per heavy atom. The molecule has 0 bridgehead atoms. The van der Waals surface area contributed by atoms with Crippen LogP contribution in [0.25, 0.3) is 0 Å². The van der Waals surface area contributed by atoms with Crippen LogP contribution in [0.1, 0.15) is 19.4 Å². The Kier molecular flexibility index (Phi) is 4.91. The standard InChI is InChI=1S/C17H20F2N2/c1-3-21(14-7-4-6-13(18)11-14)17-9-5-8-16(19)15(17)10-12(2)20/h4-9,11-12H,3,10,20H2,1-2H3. The van der Waals surface area contributed by atoms with Gasteiger partial charge in [0.05, 0.1) is 0 Å². The topological polar surface area (TPSA) is 29.3 Å². The first kappa shape index (κ1) is 15.4. The zero-order chi connectivity index (χ0) is 15.4. The summed E-state index contributed by atoms with van der Waals surface area (Å²) in [6.07, 6.45) is 0.438. The van der Waals surface area contributed by atoms with Crippen molar-refractivity contribution in [3.05, 3.63) is 59.7 Å². The zero-order valence-corrected chi connectivity index (χ0v) is 12.3. The predicted molar refractivity (Wildman–Crippen MR) is 82.8 cm³/mol. The molecule has 112 valence electrons. The Morgan fingerprint density at radius 2 is 1.86 bits per heavy atom. The van der Waals surface area contributed by atoms with Gasteiger partial charge in [-0.3, -0.25) is 0 Å². The third-order valence-corrected chi connectivity index (χ3v) is 3.35. The summed E-state index contributed by atoms with van der Waals surface area (Å²) in [6.45, 7) is 4.40. The van der Waals surface area contributed by atoms with Gasteiger partial charge in [0, 0.05) is 29.5 Å². The van der Waals surface area contributed by atoms with Crippen LogP contribution in [0.4, 0.5) is 20.2 Å². The SMILES string of the molecule is CCN(c1cccc(F)c1)c1cccc(F)c1CC(C)N. The summed E-state index contributed by atoms with van der Waals surface area (Å²) in [4.78, 5) is 1.89. The lowest BCUT2D eigenvalue weighted by Gasteiger charge is -2.26. The summed E-state index contributed by atoms with van der Waals surface area (Å²) in [6, 6.07) is 11.1. The van der Waals surface area contributed by atoms with E-state index in [4.69, 9.17) is 5.73 Å². The molecular weight excluding hydrogens is 270 g/mol. The number of nitrogens with two attached hydrogens (primary N) is 1. The maximum absolute atomic E-state index is 14.1. The van der Waals surface area contributed by atoms with E-state index in [0.29, 0.717) is 24.2 Å². The molecule has 2 nitrogen and oxygen atoms in total. The summed E-state index contributed by atoms with van der Waals surface area (Å²) < 4.78 is 27.6. The Bertz CT molecular complexity index is 611. The molecule has 1 unspecified atom stereocenters. The van der Waals surface area contributed by atoms with E-state index >= 15 is 0 Å². The molecule has 0 saturated heterocycles. The van der Waals surface area contributed by atoms with Crippen molar-refractivity contribution in [1.82, 2.24) is 0 Å². The van der Waals surface area contributed by atoms with Gasteiger partial charge in [0.15, 0.2) is 0 Å². The summed E-state index contributed by atoms with van der Waals surface area (Å²) in [5.41, 5.74) is 7.83. The molecule has 2 N–H and O–H groups in total. The van der Waals surface area contributed by atoms with Crippen LogP contribution in [0, 0.1) is 11.6 Å². The molecular formula is C17H20F2N2. The summed E-state index contributed by atoms with van der Waals surface area (Å²) >= 11 is 0. The van der Waals surface area contributed by atoms with Gasteiger partial charge in [-0.1, -0.05) is 12.1 Å². The lowest BCUT2D eigenvalue weighted by molar-refractivity contribution is 0.595. The average molecular weight is 290 g/mol. The van der Waals surface area contributed by atoms with Crippen molar-refractivity contribution in [2.45, 2.75) is 26.3 Å². The van der Waals surface area contributed by atoms with Crippen molar-refractivity contribution in [2.75, 3.05) is 11.4 Å². The number of hydrogen-bond acceptors (Lipinski definition) is 2. The number of rotatable bonds is 5. The third kappa shape index (κ3) is 3.58. The van der Waals surface area contributed by atoms with E-state index in [1.165, 1.54) is 18.2 Å². The number of benzene rings is 2. The molecule has 0 aliphatic rings. The minimum Gasteiger partial charge on any atom is -0.341 e. The quantitative estimate of drug-likeness (QED) is 0.901. The van der Waals surface area contributed by atoms with Gasteiger partial charge in [0.25, 0.3) is 0 Å². The van der Waals surface area contributed by atoms with E-state index in [9.17, 15) is 8.78 Å². The van der Waals surface area contributed by atoms with Gasteiger partial charge in [-0.15, -0.1) is 0 Å². The van der Waals surface area contributed by atoms with Crippen molar-refractivity contribution in [3.8, 4) is 0 Å². The predicted octanol–water partition coefficient (Wildman–Crippen LogP) is 4.01. The largest absolute Gasteiger partial charge is 0.341 e. The highest BCUT2D eigenvalue weighted by molar-refractivity contribution is 5.66. The van der Waals surface area contributed by atoms with Crippen LogP contribution in [-0.4, -0.2) is 12.6 Å². The maximum Gasteiger partial charge on any atom is 0.128 e. The molecule has 0 aliphatic carbocycles. The van der Waals surface area contributed by atoms with E-state index in [-0.39, 0.29) is 17.7 Å². The minimum absolute atomic E-state index is 0.146. The maximum atomic E-state index is 14.1. The number of nitrogens with zero attached hydrogens (tertiary/aromatic N) is 1. The van der Waals surface area contributed by atoms with Crippen LogP contribution in [0.5, 0.6) is 0 Å². The van der Waals surface area contributed by atoms with Gasteiger partial charge in [0.1, 0.15) is 11.6 Å². The Balaban J connectivity index is 2.49. The second-order valence-electron chi connectivity index (χ2n) is 5.14. The molecule has 4 heteroatoms. The molecule has 21 heavy (non-hydrogen) atoms. The van der Waals surface area contributed by atoms with Crippen molar-refractivity contribution >= 4 is 11.4 Å². The lowest BCUT2D eigenvalue weighted by Crippen LogP contribution is -2.23. The van der Waals surface area contributed by atoms with E-state index < -0.39 is 0 Å². The minimum atomic E-state index is -0.309. The molecule has 0 aliphatic heterocycles. The van der Waals surface area contributed by atoms with E-state index in [1.807, 2.05) is 30.9 Å². The zero-order valence-electron chi connectivity index (χ0n) is 12.3. The first-order chi connectivity index (χ1) is 10.0. The molecule has 0 heterocycles. The lowest BCUT2D eigenvalue weighted by atomic mass is 10.0. The molecule has 2 aromatic carbocycles. The van der Waals surface area contributed by atoms with Crippen LogP contribution < -0.4 is 10.6 Å². The summed E-state index contributed by atoms with van der Waals surface area (Å²) in [5.74, 6) is -0.587. The van der Waals surface area contributed by atoms with Gasteiger partial charge in [-0.2, -0.15) is 0 Å². The molecule has 0 saturated carbocycles. The van der Waals surface area contributed by atoms with E-state index in [0.717, 1.165) is 5.69 Å². The second-order valence-corrected chi connectivity index (χ2v) is 5.14. The fraction of sp³-hybridized carbons (Fsp3) is 0.294. The fourth-order valence-corrected chi connectivity index (χ4v) is 2.46. The van der Waals surface area contributed by atoms with Gasteiger partial charge in [0.2, 0.25) is 0 Å². The number of anilines is 2. The van der Waals surface area contributed by atoms with E-state index in [2.05, 4.69) is 0 Å². The van der Waals surface area contributed by atoms with Crippen LogP contribution in [0.3, 0.4) is 0 Å². The molecule has 2 aromatic rings. The van der Waals surface area contributed by atoms with E-state index in [1.54, 1.807) is 12.1 Å². The average Bonchev–Trinajstić information content (AvgIpc) is 2.43. The highest BCUT2D eigenvalue weighted by Gasteiger charge is 2.16. The monoisotopic (exact) mass is 290 g/mol. The number of hydrogen-bond donors (Lipinski definition) is 1.